The highest BCUT2D eigenvalue weighted by molar-refractivity contribution is 9.10. The van der Waals surface area contributed by atoms with Crippen LogP contribution in [0, 0.1) is 5.82 Å². The Labute approximate surface area is 154 Å². The van der Waals surface area contributed by atoms with E-state index in [-0.39, 0.29) is 17.1 Å². The molecule has 2 heterocycles. The minimum absolute atomic E-state index is 0.0773. The average molecular weight is 460 g/mol. The number of rotatable bonds is 4. The second-order valence-corrected chi connectivity index (χ2v) is 7.86. The molecule has 1 fully saturated rings. The van der Waals surface area contributed by atoms with Crippen molar-refractivity contribution in [1.82, 2.24) is 9.88 Å². The zero-order chi connectivity index (χ0) is 16.4. The van der Waals surface area contributed by atoms with Gasteiger partial charge in [-0.1, -0.05) is 12.1 Å². The van der Waals surface area contributed by atoms with Crippen molar-refractivity contribution in [2.45, 2.75) is 11.8 Å². The van der Waals surface area contributed by atoms with Crippen LogP contribution in [-0.2, 0) is 11.2 Å². The Kier molecular flexibility index (Phi) is 5.38. The smallest absolute Gasteiger partial charge is 0.233 e. The number of pyridine rings is 1. The molecule has 0 spiro atoms. The molecule has 0 bridgehead atoms. The lowest BCUT2D eigenvalue weighted by Gasteiger charge is -2.24. The van der Waals surface area contributed by atoms with Gasteiger partial charge in [0.25, 0.3) is 0 Å². The van der Waals surface area contributed by atoms with Gasteiger partial charge >= 0.3 is 0 Å². The molecule has 1 aliphatic heterocycles. The summed E-state index contributed by atoms with van der Waals surface area (Å²) in [6.07, 6.45) is 0.685. The molecular formula is C16H13Br2FN2OS. The van der Waals surface area contributed by atoms with Crippen LogP contribution in [-0.4, -0.2) is 28.1 Å². The highest BCUT2D eigenvalue weighted by Crippen LogP contribution is 2.39. The highest BCUT2D eigenvalue weighted by Gasteiger charge is 2.32. The normalized spacial score (nSPS) is 17.8. The molecule has 3 rings (SSSR count). The Hall–Kier alpha value is -0.920. The first-order valence-electron chi connectivity index (χ1n) is 7.02. The predicted octanol–water partition coefficient (Wildman–Crippen LogP) is 4.56. The molecule has 3 nitrogen and oxygen atoms in total. The summed E-state index contributed by atoms with van der Waals surface area (Å²) >= 11 is 8.13. The molecular weight excluding hydrogens is 447 g/mol. The van der Waals surface area contributed by atoms with Gasteiger partial charge in [0.15, 0.2) is 0 Å². The number of hydrogen-bond acceptors (Lipinski definition) is 3. The minimum atomic E-state index is -0.298. The lowest BCUT2D eigenvalue weighted by atomic mass is 10.2. The van der Waals surface area contributed by atoms with Crippen molar-refractivity contribution in [2.75, 3.05) is 12.3 Å². The van der Waals surface area contributed by atoms with Crippen molar-refractivity contribution in [3.8, 4) is 0 Å². The Morgan fingerprint density at radius 1 is 1.30 bits per heavy atom. The molecule has 1 unspecified atom stereocenters. The van der Waals surface area contributed by atoms with Gasteiger partial charge < -0.3 is 4.90 Å². The van der Waals surface area contributed by atoms with E-state index < -0.39 is 0 Å². The molecule has 1 atom stereocenters. The van der Waals surface area contributed by atoms with Crippen LogP contribution in [0.4, 0.5) is 4.39 Å². The van der Waals surface area contributed by atoms with Crippen molar-refractivity contribution in [3.05, 3.63) is 62.5 Å². The molecule has 1 aromatic heterocycles. The fourth-order valence-corrected chi connectivity index (χ4v) is 4.45. The molecule has 1 amide bonds. The second kappa shape index (κ2) is 7.32. The van der Waals surface area contributed by atoms with Gasteiger partial charge in [-0.25, -0.2) is 9.37 Å². The number of hydrogen-bond donors (Lipinski definition) is 0. The molecule has 7 heteroatoms. The summed E-state index contributed by atoms with van der Waals surface area (Å²) < 4.78 is 14.6. The average Bonchev–Trinajstić information content (AvgIpc) is 2.89. The number of halogens is 3. The molecule has 0 radical (unpaired) electrons. The topological polar surface area (TPSA) is 33.2 Å². The maximum absolute atomic E-state index is 13.4. The first-order valence-corrected chi connectivity index (χ1v) is 9.65. The van der Waals surface area contributed by atoms with Crippen molar-refractivity contribution in [1.29, 1.82) is 0 Å². The number of thioether (sulfide) groups is 1. The summed E-state index contributed by atoms with van der Waals surface area (Å²) in [7, 11) is 0. The van der Waals surface area contributed by atoms with E-state index in [9.17, 15) is 9.18 Å². The largest absolute Gasteiger partial charge is 0.325 e. The summed E-state index contributed by atoms with van der Waals surface area (Å²) in [5.74, 6) is 0.259. The van der Waals surface area contributed by atoms with E-state index in [2.05, 4.69) is 36.8 Å². The Balaban J connectivity index is 1.75. The van der Waals surface area contributed by atoms with Crippen LogP contribution in [0.1, 0.15) is 16.6 Å². The molecule has 1 saturated heterocycles. The van der Waals surface area contributed by atoms with Crippen LogP contribution in [0.25, 0.3) is 0 Å². The monoisotopic (exact) mass is 458 g/mol. The van der Waals surface area contributed by atoms with Crippen LogP contribution >= 0.6 is 43.6 Å². The number of carbonyl (C=O) groups excluding carboxylic acids is 1. The maximum atomic E-state index is 13.4. The number of carbonyl (C=O) groups is 1. The van der Waals surface area contributed by atoms with Crippen LogP contribution in [0.15, 0.2) is 45.5 Å². The molecule has 1 aliphatic rings. The van der Waals surface area contributed by atoms with Gasteiger partial charge in [-0.2, -0.15) is 0 Å². The molecule has 1 aromatic carbocycles. The van der Waals surface area contributed by atoms with Crippen molar-refractivity contribution < 1.29 is 9.18 Å². The molecule has 2 aromatic rings. The number of nitrogens with zero attached hydrogens (tertiary/aromatic N) is 2. The summed E-state index contributed by atoms with van der Waals surface area (Å²) in [5, 5.41) is -0.0773. The molecule has 0 aliphatic carbocycles. The van der Waals surface area contributed by atoms with Gasteiger partial charge in [0.2, 0.25) is 5.91 Å². The van der Waals surface area contributed by atoms with E-state index in [0.29, 0.717) is 23.2 Å². The number of aromatic nitrogens is 1. The third kappa shape index (κ3) is 3.95. The molecule has 23 heavy (non-hydrogen) atoms. The van der Waals surface area contributed by atoms with Crippen LogP contribution in [0.3, 0.4) is 0 Å². The summed E-state index contributed by atoms with van der Waals surface area (Å²) in [5.41, 5.74) is 1.86. The van der Waals surface area contributed by atoms with E-state index in [1.807, 2.05) is 23.1 Å². The van der Waals surface area contributed by atoms with Gasteiger partial charge in [-0.15, -0.1) is 11.8 Å². The fourth-order valence-electron chi connectivity index (χ4n) is 2.46. The minimum Gasteiger partial charge on any atom is -0.325 e. The van der Waals surface area contributed by atoms with E-state index >= 15 is 0 Å². The predicted molar refractivity (Wildman–Crippen MR) is 96.7 cm³/mol. The Morgan fingerprint density at radius 3 is 2.87 bits per heavy atom. The Bertz CT molecular complexity index is 744. The second-order valence-electron chi connectivity index (χ2n) is 5.13. The standard InChI is InChI=1S/C16H13Br2FN2OS/c17-12-8-10(4-5-13(12)19)16-21(15(22)9-23-16)7-6-11-2-1-3-14(18)20-11/h1-5,8,16H,6-7,9H2. The lowest BCUT2D eigenvalue weighted by Crippen LogP contribution is -2.30. The quantitative estimate of drug-likeness (QED) is 0.628. The SMILES string of the molecule is O=C1CSC(c2ccc(F)c(Br)c2)N1CCc1cccc(Br)n1. The molecule has 120 valence electrons. The third-order valence-electron chi connectivity index (χ3n) is 3.58. The highest BCUT2D eigenvalue weighted by atomic mass is 79.9. The van der Waals surface area contributed by atoms with E-state index in [0.717, 1.165) is 15.9 Å². The van der Waals surface area contributed by atoms with Gasteiger partial charge in [-0.3, -0.25) is 4.79 Å². The molecule has 0 saturated carbocycles. The van der Waals surface area contributed by atoms with Gasteiger partial charge in [0.05, 0.1) is 10.2 Å². The van der Waals surface area contributed by atoms with Crippen LogP contribution < -0.4 is 0 Å². The van der Waals surface area contributed by atoms with Gasteiger partial charge in [0, 0.05) is 18.7 Å². The van der Waals surface area contributed by atoms with E-state index in [4.69, 9.17) is 0 Å². The van der Waals surface area contributed by atoms with E-state index in [1.165, 1.54) is 6.07 Å². The first-order chi connectivity index (χ1) is 11.0. The first kappa shape index (κ1) is 16.9. The third-order valence-corrected chi connectivity index (χ3v) is 5.88. The zero-order valence-electron chi connectivity index (χ0n) is 12.0. The fraction of sp³-hybridized carbons (Fsp3) is 0.250. The van der Waals surface area contributed by atoms with Crippen LogP contribution in [0.5, 0.6) is 0 Å². The van der Waals surface area contributed by atoms with Crippen molar-refractivity contribution in [3.63, 3.8) is 0 Å². The lowest BCUT2D eigenvalue weighted by molar-refractivity contribution is -0.128. The summed E-state index contributed by atoms with van der Waals surface area (Å²) in [4.78, 5) is 18.4. The van der Waals surface area contributed by atoms with Crippen LogP contribution in [0.2, 0.25) is 0 Å². The zero-order valence-corrected chi connectivity index (χ0v) is 16.0. The number of amides is 1. The summed E-state index contributed by atoms with van der Waals surface area (Å²) in [6, 6.07) is 10.7. The number of benzene rings is 1. The van der Waals surface area contributed by atoms with Gasteiger partial charge in [-0.05, 0) is 61.7 Å². The summed E-state index contributed by atoms with van der Waals surface area (Å²) in [6.45, 7) is 0.592. The van der Waals surface area contributed by atoms with Gasteiger partial charge in [0.1, 0.15) is 15.8 Å². The maximum Gasteiger partial charge on any atom is 0.233 e. The van der Waals surface area contributed by atoms with Crippen molar-refractivity contribution in [2.24, 2.45) is 0 Å². The Morgan fingerprint density at radius 2 is 2.13 bits per heavy atom. The molecule has 0 N–H and O–H groups in total. The van der Waals surface area contributed by atoms with Crippen molar-refractivity contribution >= 4 is 49.5 Å². The van der Waals surface area contributed by atoms with E-state index in [1.54, 1.807) is 23.9 Å².